The third-order valence-electron chi connectivity index (χ3n) is 4.42. The van der Waals surface area contributed by atoms with E-state index in [0.717, 1.165) is 19.5 Å². The van der Waals surface area contributed by atoms with Gasteiger partial charge in [-0.2, -0.15) is 0 Å². The number of carbonyl (C=O) groups excluding carboxylic acids is 1. The van der Waals surface area contributed by atoms with Crippen LogP contribution in [0.5, 0.6) is 0 Å². The first-order chi connectivity index (χ1) is 9.97. The molecule has 1 aromatic carbocycles. The first kappa shape index (κ1) is 19.0. The van der Waals surface area contributed by atoms with E-state index in [1.807, 2.05) is 6.92 Å². The van der Waals surface area contributed by atoms with Crippen molar-refractivity contribution in [1.29, 1.82) is 0 Å². The second kappa shape index (κ2) is 8.54. The Balaban J connectivity index is 0.00000242. The Labute approximate surface area is 140 Å². The van der Waals surface area contributed by atoms with Gasteiger partial charge in [0.2, 0.25) is 5.91 Å². The van der Waals surface area contributed by atoms with Crippen LogP contribution in [0.2, 0.25) is 0 Å². The molecule has 1 aliphatic heterocycles. The lowest BCUT2D eigenvalue weighted by atomic mass is 9.88. The summed E-state index contributed by atoms with van der Waals surface area (Å²) in [7, 11) is 0. The third-order valence-corrected chi connectivity index (χ3v) is 4.42. The zero-order chi connectivity index (χ0) is 15.4. The molecule has 2 rings (SSSR count). The molecule has 2 unspecified atom stereocenters. The molecule has 4 heteroatoms. The van der Waals surface area contributed by atoms with Gasteiger partial charge in [0, 0.05) is 5.92 Å². The first-order valence-electron chi connectivity index (χ1n) is 8.07. The third kappa shape index (κ3) is 4.99. The number of hydrogen-bond donors (Lipinski definition) is 2. The predicted octanol–water partition coefficient (Wildman–Crippen LogP) is 3.34. The lowest BCUT2D eigenvalue weighted by molar-refractivity contribution is -0.127. The first-order valence-corrected chi connectivity index (χ1v) is 8.07. The number of nitrogens with one attached hydrogen (secondary N) is 2. The lowest BCUT2D eigenvalue weighted by Gasteiger charge is -2.32. The van der Waals surface area contributed by atoms with Gasteiger partial charge in [-0.15, -0.1) is 12.4 Å². The van der Waals surface area contributed by atoms with E-state index in [1.165, 1.54) is 11.1 Å². The van der Waals surface area contributed by atoms with Crippen LogP contribution in [0.3, 0.4) is 0 Å². The maximum atomic E-state index is 12.2. The molecule has 0 aliphatic carbocycles. The topological polar surface area (TPSA) is 41.1 Å². The van der Waals surface area contributed by atoms with E-state index in [1.54, 1.807) is 0 Å². The Hall–Kier alpha value is -1.06. The Morgan fingerprint density at radius 1 is 1.18 bits per heavy atom. The molecule has 3 nitrogen and oxygen atoms in total. The average Bonchev–Trinajstić information content (AvgIpc) is 2.36. The molecule has 1 amide bonds. The van der Waals surface area contributed by atoms with Gasteiger partial charge < -0.3 is 10.6 Å². The van der Waals surface area contributed by atoms with Gasteiger partial charge in [-0.25, -0.2) is 0 Å². The van der Waals surface area contributed by atoms with Crippen molar-refractivity contribution in [1.82, 2.24) is 10.6 Å². The van der Waals surface area contributed by atoms with E-state index in [2.05, 4.69) is 55.7 Å². The highest BCUT2D eigenvalue weighted by molar-refractivity contribution is 5.85. The maximum Gasteiger partial charge on any atom is 0.223 e. The van der Waals surface area contributed by atoms with Gasteiger partial charge in [0.25, 0.3) is 0 Å². The molecular weight excluding hydrogens is 296 g/mol. The van der Waals surface area contributed by atoms with Gasteiger partial charge in [0.15, 0.2) is 0 Å². The molecule has 22 heavy (non-hydrogen) atoms. The smallest absolute Gasteiger partial charge is 0.223 e. The summed E-state index contributed by atoms with van der Waals surface area (Å²) < 4.78 is 0. The SMILES string of the molecule is CC(C)Cc1ccc(C(C)NC(=O)C(C)C2CNC2)cc1.Cl. The van der Waals surface area contributed by atoms with Crippen molar-refractivity contribution in [3.8, 4) is 0 Å². The van der Waals surface area contributed by atoms with Crippen molar-refractivity contribution in [2.24, 2.45) is 17.8 Å². The number of rotatable bonds is 6. The highest BCUT2D eigenvalue weighted by Gasteiger charge is 2.29. The summed E-state index contributed by atoms with van der Waals surface area (Å²) in [4.78, 5) is 12.2. The normalized spacial score (nSPS) is 17.3. The van der Waals surface area contributed by atoms with Crippen molar-refractivity contribution in [2.75, 3.05) is 13.1 Å². The van der Waals surface area contributed by atoms with Crippen LogP contribution in [0, 0.1) is 17.8 Å². The summed E-state index contributed by atoms with van der Waals surface area (Å²) in [6.45, 7) is 10.5. The molecule has 0 radical (unpaired) electrons. The molecule has 1 saturated heterocycles. The molecular formula is C18H29ClN2O. The lowest BCUT2D eigenvalue weighted by Crippen LogP contribution is -2.49. The zero-order valence-corrected chi connectivity index (χ0v) is 14.9. The second-order valence-corrected chi connectivity index (χ2v) is 6.78. The second-order valence-electron chi connectivity index (χ2n) is 6.78. The van der Waals surface area contributed by atoms with Crippen molar-refractivity contribution >= 4 is 18.3 Å². The average molecular weight is 325 g/mol. The highest BCUT2D eigenvalue weighted by Crippen LogP contribution is 2.19. The largest absolute Gasteiger partial charge is 0.349 e. The summed E-state index contributed by atoms with van der Waals surface area (Å²) in [5, 5.41) is 6.36. The minimum atomic E-state index is 0. The van der Waals surface area contributed by atoms with Crippen molar-refractivity contribution in [3.63, 3.8) is 0 Å². The molecule has 124 valence electrons. The van der Waals surface area contributed by atoms with E-state index in [9.17, 15) is 4.79 Å². The number of hydrogen-bond acceptors (Lipinski definition) is 2. The monoisotopic (exact) mass is 324 g/mol. The van der Waals surface area contributed by atoms with Gasteiger partial charge in [-0.1, -0.05) is 45.0 Å². The van der Waals surface area contributed by atoms with E-state index >= 15 is 0 Å². The summed E-state index contributed by atoms with van der Waals surface area (Å²) in [6, 6.07) is 8.70. The van der Waals surface area contributed by atoms with Gasteiger partial charge in [0.1, 0.15) is 0 Å². The van der Waals surface area contributed by atoms with Crippen molar-refractivity contribution in [3.05, 3.63) is 35.4 Å². The molecule has 1 aliphatic rings. The van der Waals surface area contributed by atoms with Crippen LogP contribution in [0.1, 0.15) is 44.9 Å². The number of amides is 1. The zero-order valence-electron chi connectivity index (χ0n) is 14.1. The van der Waals surface area contributed by atoms with Crippen LogP contribution in [0.15, 0.2) is 24.3 Å². The van der Waals surface area contributed by atoms with Gasteiger partial charge in [-0.05, 0) is 49.4 Å². The Bertz CT molecular complexity index is 468. The van der Waals surface area contributed by atoms with E-state index in [0.29, 0.717) is 11.8 Å². The van der Waals surface area contributed by atoms with Crippen molar-refractivity contribution < 1.29 is 4.79 Å². The summed E-state index contributed by atoms with van der Waals surface area (Å²) in [5.41, 5.74) is 2.54. The van der Waals surface area contributed by atoms with Crippen LogP contribution in [-0.4, -0.2) is 19.0 Å². The van der Waals surface area contributed by atoms with E-state index < -0.39 is 0 Å². The van der Waals surface area contributed by atoms with Gasteiger partial charge in [0.05, 0.1) is 6.04 Å². The fourth-order valence-corrected chi connectivity index (χ4v) is 2.72. The highest BCUT2D eigenvalue weighted by atomic mass is 35.5. The molecule has 1 fully saturated rings. The number of carbonyl (C=O) groups is 1. The number of benzene rings is 1. The summed E-state index contributed by atoms with van der Waals surface area (Å²) >= 11 is 0. The Morgan fingerprint density at radius 2 is 1.77 bits per heavy atom. The molecule has 0 bridgehead atoms. The molecule has 1 aromatic rings. The predicted molar refractivity (Wildman–Crippen MR) is 94.3 cm³/mol. The Morgan fingerprint density at radius 3 is 2.23 bits per heavy atom. The maximum absolute atomic E-state index is 12.2. The summed E-state index contributed by atoms with van der Waals surface area (Å²) in [5.74, 6) is 1.42. The van der Waals surface area contributed by atoms with Crippen LogP contribution < -0.4 is 10.6 Å². The molecule has 1 heterocycles. The van der Waals surface area contributed by atoms with Gasteiger partial charge >= 0.3 is 0 Å². The quantitative estimate of drug-likeness (QED) is 0.842. The van der Waals surface area contributed by atoms with Crippen molar-refractivity contribution in [2.45, 2.75) is 40.2 Å². The standard InChI is InChI=1S/C18H28N2O.ClH/c1-12(2)9-15-5-7-16(8-6-15)14(4)20-18(21)13(3)17-10-19-11-17;/h5-8,12-14,17,19H,9-11H2,1-4H3,(H,20,21);1H. The fourth-order valence-electron chi connectivity index (χ4n) is 2.72. The molecule has 0 aromatic heterocycles. The fraction of sp³-hybridized carbons (Fsp3) is 0.611. The van der Waals surface area contributed by atoms with Crippen LogP contribution in [0.25, 0.3) is 0 Å². The molecule has 2 atom stereocenters. The number of halogens is 1. The van der Waals surface area contributed by atoms with Crippen LogP contribution in [-0.2, 0) is 11.2 Å². The minimum absolute atomic E-state index is 0. The molecule has 0 spiro atoms. The van der Waals surface area contributed by atoms with E-state index in [-0.39, 0.29) is 30.3 Å². The molecule has 2 N–H and O–H groups in total. The Kier molecular flexibility index (Phi) is 7.37. The minimum Gasteiger partial charge on any atom is -0.349 e. The van der Waals surface area contributed by atoms with Gasteiger partial charge in [-0.3, -0.25) is 4.79 Å². The van der Waals surface area contributed by atoms with Crippen LogP contribution in [0.4, 0.5) is 0 Å². The molecule has 0 saturated carbocycles. The summed E-state index contributed by atoms with van der Waals surface area (Å²) in [6.07, 6.45) is 1.10. The van der Waals surface area contributed by atoms with Crippen LogP contribution >= 0.6 is 12.4 Å². The van der Waals surface area contributed by atoms with E-state index in [4.69, 9.17) is 0 Å².